The number of anilines is 2. The van der Waals surface area contributed by atoms with Crippen molar-refractivity contribution in [2.75, 3.05) is 17.6 Å². The average molecular weight is 196 g/mol. The van der Waals surface area contributed by atoms with Gasteiger partial charge in [0.05, 0.1) is 11.4 Å². The minimum absolute atomic E-state index is 0.784. The molecule has 0 aliphatic rings. The van der Waals surface area contributed by atoms with Gasteiger partial charge in [-0.25, -0.2) is 4.68 Å². The number of nitrogen functional groups attached to an aromatic ring is 1. The zero-order valence-electron chi connectivity index (χ0n) is 9.30. The third-order valence-electron chi connectivity index (χ3n) is 2.15. The summed E-state index contributed by atoms with van der Waals surface area (Å²) in [5.74, 6) is 0.978. The van der Waals surface area contributed by atoms with E-state index in [-0.39, 0.29) is 0 Å². The number of hydrogen-bond acceptors (Lipinski definition) is 3. The molecule has 80 valence electrons. The maximum absolute atomic E-state index is 5.93. The lowest BCUT2D eigenvalue weighted by Crippen LogP contribution is -2.09. The number of nitrogens with two attached hydrogens (primary N) is 1. The number of rotatable bonds is 5. The molecule has 0 aliphatic carbocycles. The molecule has 0 spiro atoms. The molecule has 1 aromatic heterocycles. The lowest BCUT2D eigenvalue weighted by Gasteiger charge is -2.08. The van der Waals surface area contributed by atoms with Gasteiger partial charge >= 0.3 is 0 Å². The second kappa shape index (κ2) is 4.88. The molecule has 0 unspecified atom stereocenters. The summed E-state index contributed by atoms with van der Waals surface area (Å²) in [5, 5.41) is 7.69. The van der Waals surface area contributed by atoms with E-state index in [9.17, 15) is 0 Å². The highest BCUT2D eigenvalue weighted by atomic mass is 15.3. The maximum atomic E-state index is 5.93. The fourth-order valence-electron chi connectivity index (χ4n) is 1.40. The first-order chi connectivity index (χ1) is 6.70. The Bertz CT molecular complexity index is 291. The van der Waals surface area contributed by atoms with Crippen LogP contribution in [0.4, 0.5) is 11.5 Å². The minimum Gasteiger partial charge on any atom is -0.394 e. The van der Waals surface area contributed by atoms with E-state index in [2.05, 4.69) is 24.3 Å². The summed E-state index contributed by atoms with van der Waals surface area (Å²) in [6.45, 7) is 8.08. The highest BCUT2D eigenvalue weighted by Gasteiger charge is 2.10. The molecule has 1 aromatic rings. The van der Waals surface area contributed by atoms with Crippen molar-refractivity contribution in [2.24, 2.45) is 0 Å². The standard InChI is InChI=1S/C10H20N4/c1-4-6-12-10-9(11)8(3)13-14(10)7-5-2/h12H,4-7,11H2,1-3H3. The van der Waals surface area contributed by atoms with E-state index in [1.54, 1.807) is 0 Å². The monoisotopic (exact) mass is 196 g/mol. The molecule has 0 aromatic carbocycles. The predicted octanol–water partition coefficient (Wildman–Crippen LogP) is 2.01. The average Bonchev–Trinajstić information content (AvgIpc) is 2.42. The number of nitrogens with zero attached hydrogens (tertiary/aromatic N) is 2. The van der Waals surface area contributed by atoms with E-state index < -0.39 is 0 Å². The van der Waals surface area contributed by atoms with Crippen LogP contribution in [0.15, 0.2) is 0 Å². The fourth-order valence-corrected chi connectivity index (χ4v) is 1.40. The molecule has 3 N–H and O–H groups in total. The molecule has 0 amide bonds. The van der Waals surface area contributed by atoms with Crippen molar-refractivity contribution in [3.8, 4) is 0 Å². The van der Waals surface area contributed by atoms with Crippen LogP contribution in [0.5, 0.6) is 0 Å². The molecule has 0 saturated heterocycles. The van der Waals surface area contributed by atoms with Crippen LogP contribution >= 0.6 is 0 Å². The number of aromatic nitrogens is 2. The van der Waals surface area contributed by atoms with Gasteiger partial charge in [0.2, 0.25) is 0 Å². The molecular formula is C10H20N4. The molecule has 0 fully saturated rings. The van der Waals surface area contributed by atoms with Crippen LogP contribution in [0.1, 0.15) is 32.4 Å². The Hall–Kier alpha value is -1.19. The summed E-state index contributed by atoms with van der Waals surface area (Å²) in [5.41, 5.74) is 7.63. The van der Waals surface area contributed by atoms with Crippen LogP contribution in [0, 0.1) is 6.92 Å². The molecule has 0 radical (unpaired) electrons. The zero-order valence-corrected chi connectivity index (χ0v) is 9.30. The van der Waals surface area contributed by atoms with E-state index in [4.69, 9.17) is 5.73 Å². The Morgan fingerprint density at radius 3 is 2.64 bits per heavy atom. The summed E-state index contributed by atoms with van der Waals surface area (Å²) in [6.07, 6.45) is 2.16. The summed E-state index contributed by atoms with van der Waals surface area (Å²) < 4.78 is 1.96. The maximum Gasteiger partial charge on any atom is 0.148 e. The van der Waals surface area contributed by atoms with Crippen molar-refractivity contribution in [3.05, 3.63) is 5.69 Å². The summed E-state index contributed by atoms with van der Waals surface area (Å²) >= 11 is 0. The van der Waals surface area contributed by atoms with E-state index in [1.165, 1.54) is 0 Å². The third-order valence-corrected chi connectivity index (χ3v) is 2.15. The van der Waals surface area contributed by atoms with Gasteiger partial charge in [-0.15, -0.1) is 0 Å². The van der Waals surface area contributed by atoms with Crippen LogP contribution in [0.25, 0.3) is 0 Å². The Kier molecular flexibility index (Phi) is 3.80. The summed E-state index contributed by atoms with van der Waals surface area (Å²) in [4.78, 5) is 0. The van der Waals surface area contributed by atoms with Crippen LogP contribution < -0.4 is 11.1 Å². The van der Waals surface area contributed by atoms with E-state index in [0.29, 0.717) is 0 Å². The molecule has 0 aliphatic heterocycles. The van der Waals surface area contributed by atoms with Crippen molar-refractivity contribution in [1.82, 2.24) is 9.78 Å². The Labute approximate surface area is 85.5 Å². The van der Waals surface area contributed by atoms with Gasteiger partial charge in [0.25, 0.3) is 0 Å². The number of aryl methyl sites for hydroxylation is 2. The topological polar surface area (TPSA) is 55.9 Å². The summed E-state index contributed by atoms with van der Waals surface area (Å²) in [6, 6.07) is 0. The third kappa shape index (κ3) is 2.19. The Balaban J connectivity index is 2.85. The van der Waals surface area contributed by atoms with Crippen LogP contribution in [0.2, 0.25) is 0 Å². The van der Waals surface area contributed by atoms with Gasteiger partial charge in [0, 0.05) is 13.1 Å². The molecular weight excluding hydrogens is 176 g/mol. The molecule has 4 heteroatoms. The van der Waals surface area contributed by atoms with Gasteiger partial charge in [-0.05, 0) is 19.8 Å². The smallest absolute Gasteiger partial charge is 0.148 e. The Morgan fingerprint density at radius 2 is 2.07 bits per heavy atom. The lowest BCUT2D eigenvalue weighted by molar-refractivity contribution is 0.602. The molecule has 0 bridgehead atoms. The number of nitrogens with one attached hydrogen (secondary N) is 1. The van der Waals surface area contributed by atoms with E-state index >= 15 is 0 Å². The highest BCUT2D eigenvalue weighted by Crippen LogP contribution is 2.22. The summed E-state index contributed by atoms with van der Waals surface area (Å²) in [7, 11) is 0. The Morgan fingerprint density at radius 1 is 1.36 bits per heavy atom. The zero-order chi connectivity index (χ0) is 10.6. The lowest BCUT2D eigenvalue weighted by atomic mass is 10.3. The molecule has 1 rings (SSSR count). The molecule has 1 heterocycles. The van der Waals surface area contributed by atoms with Crippen molar-refractivity contribution >= 4 is 11.5 Å². The first kappa shape index (κ1) is 10.9. The largest absolute Gasteiger partial charge is 0.394 e. The predicted molar refractivity (Wildman–Crippen MR) is 60.4 cm³/mol. The van der Waals surface area contributed by atoms with Crippen molar-refractivity contribution < 1.29 is 0 Å². The van der Waals surface area contributed by atoms with Gasteiger partial charge in [0.1, 0.15) is 5.82 Å². The highest BCUT2D eigenvalue weighted by molar-refractivity contribution is 5.64. The second-order valence-corrected chi connectivity index (χ2v) is 3.50. The van der Waals surface area contributed by atoms with Crippen LogP contribution in [-0.4, -0.2) is 16.3 Å². The van der Waals surface area contributed by atoms with Crippen molar-refractivity contribution in [3.63, 3.8) is 0 Å². The SMILES string of the molecule is CCCNc1c(N)c(C)nn1CCC. The van der Waals surface area contributed by atoms with Gasteiger partial charge in [-0.2, -0.15) is 5.10 Å². The van der Waals surface area contributed by atoms with Crippen LogP contribution in [0.3, 0.4) is 0 Å². The second-order valence-electron chi connectivity index (χ2n) is 3.50. The van der Waals surface area contributed by atoms with E-state index in [0.717, 1.165) is 43.1 Å². The fraction of sp³-hybridized carbons (Fsp3) is 0.700. The van der Waals surface area contributed by atoms with Crippen molar-refractivity contribution in [1.29, 1.82) is 0 Å². The quantitative estimate of drug-likeness (QED) is 0.757. The van der Waals surface area contributed by atoms with Gasteiger partial charge in [-0.3, -0.25) is 0 Å². The molecule has 0 atom stereocenters. The molecule has 0 saturated carbocycles. The number of hydrogen-bond donors (Lipinski definition) is 2. The van der Waals surface area contributed by atoms with Crippen molar-refractivity contribution in [2.45, 2.75) is 40.2 Å². The first-order valence-electron chi connectivity index (χ1n) is 5.27. The molecule has 14 heavy (non-hydrogen) atoms. The van der Waals surface area contributed by atoms with Crippen LogP contribution in [-0.2, 0) is 6.54 Å². The van der Waals surface area contributed by atoms with E-state index in [1.807, 2.05) is 11.6 Å². The normalized spacial score (nSPS) is 10.5. The molecule has 4 nitrogen and oxygen atoms in total. The van der Waals surface area contributed by atoms with Gasteiger partial charge < -0.3 is 11.1 Å². The first-order valence-corrected chi connectivity index (χ1v) is 5.27. The van der Waals surface area contributed by atoms with Gasteiger partial charge in [0.15, 0.2) is 0 Å². The van der Waals surface area contributed by atoms with Gasteiger partial charge in [-0.1, -0.05) is 13.8 Å². The minimum atomic E-state index is 0.784.